The van der Waals surface area contributed by atoms with E-state index >= 15 is 0 Å². The van der Waals surface area contributed by atoms with Gasteiger partial charge in [-0.1, -0.05) is 6.92 Å². The Hall–Kier alpha value is -1.34. The molecule has 0 aliphatic heterocycles. The highest BCUT2D eigenvalue weighted by Crippen LogP contribution is 2.23. The molecular weight excluding hydrogens is 301 g/mol. The second-order valence-corrected chi connectivity index (χ2v) is 4.68. The molecule has 0 saturated carbocycles. The Kier molecular flexibility index (Phi) is 4.03. The second kappa shape index (κ2) is 5.53. The highest BCUT2D eigenvalue weighted by atomic mass is 79.9. The second-order valence-electron chi connectivity index (χ2n) is 3.82. The van der Waals surface area contributed by atoms with E-state index in [-0.39, 0.29) is 11.9 Å². The molecule has 2 rings (SSSR count). The summed E-state index contributed by atoms with van der Waals surface area (Å²) in [5, 5.41) is 14.9. The summed E-state index contributed by atoms with van der Waals surface area (Å²) in [4.78, 5) is 0. The lowest BCUT2D eigenvalue weighted by Gasteiger charge is -2.12. The summed E-state index contributed by atoms with van der Waals surface area (Å²) in [5.41, 5.74) is 0.709. The van der Waals surface area contributed by atoms with Crippen LogP contribution in [0, 0.1) is 5.82 Å². The van der Waals surface area contributed by atoms with Crippen molar-refractivity contribution in [3.8, 4) is 5.69 Å². The zero-order valence-electron chi connectivity index (χ0n) is 10.1. The summed E-state index contributed by atoms with van der Waals surface area (Å²) in [6, 6.07) is 4.42. The highest BCUT2D eigenvalue weighted by molar-refractivity contribution is 9.10. The molecule has 0 fully saturated rings. The molecule has 7 heteroatoms. The van der Waals surface area contributed by atoms with E-state index in [1.165, 1.54) is 12.1 Å². The Labute approximate surface area is 113 Å². The maximum absolute atomic E-state index is 13.1. The van der Waals surface area contributed by atoms with Crippen LogP contribution < -0.4 is 5.32 Å². The van der Waals surface area contributed by atoms with Crippen LogP contribution in [0.3, 0.4) is 0 Å². The number of nitrogens with zero attached hydrogens (tertiary/aromatic N) is 4. The number of benzene rings is 1. The van der Waals surface area contributed by atoms with Crippen molar-refractivity contribution in [2.45, 2.75) is 19.9 Å². The van der Waals surface area contributed by atoms with E-state index in [2.05, 4.69) is 36.8 Å². The van der Waals surface area contributed by atoms with Crippen molar-refractivity contribution in [3.63, 3.8) is 0 Å². The third-order valence-corrected chi connectivity index (χ3v) is 3.16. The Balaban J connectivity index is 2.42. The minimum atomic E-state index is -0.306. The van der Waals surface area contributed by atoms with Gasteiger partial charge < -0.3 is 5.32 Å². The SMILES string of the molecule is CCNC(C)c1nnnn1-c1ccc(F)cc1Br. The van der Waals surface area contributed by atoms with Crippen LogP contribution in [-0.2, 0) is 0 Å². The number of halogens is 2. The normalized spacial score (nSPS) is 12.7. The number of rotatable bonds is 4. The summed E-state index contributed by atoms with van der Waals surface area (Å²) < 4.78 is 15.3. The number of hydrogen-bond donors (Lipinski definition) is 1. The Bertz CT molecular complexity index is 542. The first-order chi connectivity index (χ1) is 8.63. The Morgan fingerprint density at radius 1 is 1.50 bits per heavy atom. The molecule has 5 nitrogen and oxygen atoms in total. The fraction of sp³-hybridized carbons (Fsp3) is 0.364. The van der Waals surface area contributed by atoms with Gasteiger partial charge in [0.15, 0.2) is 5.82 Å². The molecule has 1 aromatic heterocycles. The smallest absolute Gasteiger partial charge is 0.173 e. The summed E-state index contributed by atoms with van der Waals surface area (Å²) in [6.45, 7) is 4.81. The van der Waals surface area contributed by atoms with Crippen molar-refractivity contribution in [1.82, 2.24) is 25.5 Å². The molecule has 1 aromatic carbocycles. The molecule has 0 amide bonds. The van der Waals surface area contributed by atoms with E-state index in [9.17, 15) is 4.39 Å². The number of aromatic nitrogens is 4. The predicted octanol–water partition coefficient (Wildman–Crippen LogP) is 2.23. The maximum Gasteiger partial charge on any atom is 0.173 e. The molecule has 0 spiro atoms. The molecule has 2 aromatic rings. The first kappa shape index (κ1) is 13.1. The summed E-state index contributed by atoms with van der Waals surface area (Å²) in [7, 11) is 0. The fourth-order valence-corrected chi connectivity index (χ4v) is 2.20. The number of hydrogen-bond acceptors (Lipinski definition) is 4. The van der Waals surface area contributed by atoms with E-state index in [1.54, 1.807) is 10.7 Å². The van der Waals surface area contributed by atoms with Gasteiger partial charge in [-0.05, 0) is 58.0 Å². The molecule has 18 heavy (non-hydrogen) atoms. The zero-order chi connectivity index (χ0) is 13.1. The Morgan fingerprint density at radius 2 is 2.28 bits per heavy atom. The first-order valence-corrected chi connectivity index (χ1v) is 6.40. The molecule has 0 saturated heterocycles. The summed E-state index contributed by atoms with van der Waals surface area (Å²) in [5.74, 6) is 0.379. The van der Waals surface area contributed by atoms with Crippen molar-refractivity contribution in [2.24, 2.45) is 0 Å². The average molecular weight is 314 g/mol. The molecule has 1 atom stereocenters. The van der Waals surface area contributed by atoms with Crippen LogP contribution in [0.5, 0.6) is 0 Å². The lowest BCUT2D eigenvalue weighted by molar-refractivity contribution is 0.550. The standard InChI is InChI=1S/C11H13BrFN5/c1-3-14-7(2)11-15-16-17-18(11)10-5-4-8(13)6-9(10)12/h4-7,14H,3H2,1-2H3. The van der Waals surface area contributed by atoms with Crippen molar-refractivity contribution < 1.29 is 4.39 Å². The van der Waals surface area contributed by atoms with Gasteiger partial charge in [-0.3, -0.25) is 0 Å². The molecule has 1 heterocycles. The Morgan fingerprint density at radius 3 is 2.94 bits per heavy atom. The summed E-state index contributed by atoms with van der Waals surface area (Å²) in [6.07, 6.45) is 0. The number of nitrogens with one attached hydrogen (secondary N) is 1. The van der Waals surface area contributed by atoms with Gasteiger partial charge in [0.1, 0.15) is 5.82 Å². The lowest BCUT2D eigenvalue weighted by Crippen LogP contribution is -2.21. The van der Waals surface area contributed by atoms with E-state index in [1.807, 2.05) is 13.8 Å². The van der Waals surface area contributed by atoms with Gasteiger partial charge in [-0.15, -0.1) is 5.10 Å². The van der Waals surface area contributed by atoms with E-state index < -0.39 is 0 Å². The van der Waals surface area contributed by atoms with Crippen LogP contribution >= 0.6 is 15.9 Å². The average Bonchev–Trinajstić information content (AvgIpc) is 2.78. The largest absolute Gasteiger partial charge is 0.308 e. The van der Waals surface area contributed by atoms with Gasteiger partial charge in [0.05, 0.1) is 11.7 Å². The van der Waals surface area contributed by atoms with Crippen molar-refractivity contribution >= 4 is 15.9 Å². The molecule has 0 bridgehead atoms. The van der Waals surface area contributed by atoms with Gasteiger partial charge in [0.25, 0.3) is 0 Å². The van der Waals surface area contributed by atoms with Crippen LogP contribution in [0.2, 0.25) is 0 Å². The van der Waals surface area contributed by atoms with Crippen molar-refractivity contribution in [2.75, 3.05) is 6.54 Å². The maximum atomic E-state index is 13.1. The molecule has 1 unspecified atom stereocenters. The van der Waals surface area contributed by atoms with Crippen LogP contribution in [0.1, 0.15) is 25.7 Å². The molecule has 96 valence electrons. The van der Waals surface area contributed by atoms with E-state index in [4.69, 9.17) is 0 Å². The van der Waals surface area contributed by atoms with Gasteiger partial charge in [-0.2, -0.15) is 4.68 Å². The third kappa shape index (κ3) is 2.56. The van der Waals surface area contributed by atoms with Gasteiger partial charge in [0.2, 0.25) is 0 Å². The zero-order valence-corrected chi connectivity index (χ0v) is 11.6. The van der Waals surface area contributed by atoms with Crippen molar-refractivity contribution in [1.29, 1.82) is 0 Å². The fourth-order valence-electron chi connectivity index (χ4n) is 1.69. The minimum Gasteiger partial charge on any atom is -0.308 e. The third-order valence-electron chi connectivity index (χ3n) is 2.53. The minimum absolute atomic E-state index is 0.0157. The lowest BCUT2D eigenvalue weighted by atomic mass is 10.2. The highest BCUT2D eigenvalue weighted by Gasteiger charge is 2.16. The van der Waals surface area contributed by atoms with Crippen LogP contribution in [0.4, 0.5) is 4.39 Å². The van der Waals surface area contributed by atoms with Crippen LogP contribution in [0.15, 0.2) is 22.7 Å². The van der Waals surface area contributed by atoms with Gasteiger partial charge >= 0.3 is 0 Å². The topological polar surface area (TPSA) is 55.6 Å². The number of tetrazole rings is 1. The predicted molar refractivity (Wildman–Crippen MR) is 68.9 cm³/mol. The van der Waals surface area contributed by atoms with Gasteiger partial charge in [0, 0.05) is 4.47 Å². The molecule has 0 aliphatic carbocycles. The van der Waals surface area contributed by atoms with Crippen LogP contribution in [0.25, 0.3) is 5.69 Å². The van der Waals surface area contributed by atoms with Crippen molar-refractivity contribution in [3.05, 3.63) is 34.3 Å². The van der Waals surface area contributed by atoms with E-state index in [0.717, 1.165) is 6.54 Å². The van der Waals surface area contributed by atoms with Gasteiger partial charge in [-0.25, -0.2) is 4.39 Å². The molecule has 0 aliphatic rings. The molecular formula is C11H13BrFN5. The van der Waals surface area contributed by atoms with Crippen LogP contribution in [-0.4, -0.2) is 26.8 Å². The quantitative estimate of drug-likeness (QED) is 0.940. The molecule has 0 radical (unpaired) electrons. The monoisotopic (exact) mass is 313 g/mol. The first-order valence-electron chi connectivity index (χ1n) is 5.60. The van der Waals surface area contributed by atoms with E-state index in [0.29, 0.717) is 16.0 Å². The molecule has 1 N–H and O–H groups in total. The summed E-state index contributed by atoms with van der Waals surface area (Å²) >= 11 is 3.31.